The maximum atomic E-state index is 13.2. The highest BCUT2D eigenvalue weighted by Crippen LogP contribution is 2.41. The van der Waals surface area contributed by atoms with Gasteiger partial charge in [0, 0.05) is 23.7 Å². The molecule has 1 amide bonds. The molecule has 0 atom stereocenters. The number of rotatable bonds is 3. The number of hydrogen-bond donors (Lipinski definition) is 0. The molecule has 4 rings (SSSR count). The Labute approximate surface area is 171 Å². The Bertz CT molecular complexity index is 1090. The fourth-order valence-corrected chi connectivity index (χ4v) is 3.80. The summed E-state index contributed by atoms with van der Waals surface area (Å²) in [6.07, 6.45) is 2.49. The molecule has 3 aromatic rings. The van der Waals surface area contributed by atoms with E-state index in [4.69, 9.17) is 0 Å². The molecular formula is C24H26N4O. The van der Waals surface area contributed by atoms with Crippen molar-refractivity contribution in [1.29, 1.82) is 0 Å². The van der Waals surface area contributed by atoms with Gasteiger partial charge in [0.25, 0.3) is 0 Å². The minimum atomic E-state index is 0.131. The summed E-state index contributed by atoms with van der Waals surface area (Å²) >= 11 is 0. The van der Waals surface area contributed by atoms with Crippen LogP contribution in [0, 0.1) is 5.92 Å². The Balaban J connectivity index is 2.02. The Morgan fingerprint density at radius 1 is 1.07 bits per heavy atom. The third-order valence-electron chi connectivity index (χ3n) is 5.01. The van der Waals surface area contributed by atoms with Gasteiger partial charge in [0.2, 0.25) is 5.91 Å². The Morgan fingerprint density at radius 2 is 1.76 bits per heavy atom. The van der Waals surface area contributed by atoms with Crippen LogP contribution in [0.3, 0.4) is 0 Å². The number of nitrogens with zero attached hydrogens (tertiary/aromatic N) is 4. The van der Waals surface area contributed by atoms with Gasteiger partial charge in [-0.05, 0) is 31.4 Å². The van der Waals surface area contributed by atoms with Crippen molar-refractivity contribution in [3.8, 4) is 22.5 Å². The third kappa shape index (κ3) is 3.60. The number of hydrogen-bond acceptors (Lipinski definition) is 3. The number of aromatic nitrogens is 3. The minimum absolute atomic E-state index is 0.131. The van der Waals surface area contributed by atoms with E-state index in [1.165, 1.54) is 0 Å². The van der Waals surface area contributed by atoms with E-state index in [0.29, 0.717) is 18.9 Å². The molecule has 0 saturated heterocycles. The molecule has 0 N–H and O–H groups in total. The predicted molar refractivity (Wildman–Crippen MR) is 117 cm³/mol. The van der Waals surface area contributed by atoms with Crippen LogP contribution in [-0.4, -0.2) is 20.9 Å². The van der Waals surface area contributed by atoms with Gasteiger partial charge >= 0.3 is 0 Å². The van der Waals surface area contributed by atoms with Crippen molar-refractivity contribution in [2.45, 2.75) is 40.7 Å². The van der Waals surface area contributed by atoms with Crippen LogP contribution in [0.5, 0.6) is 0 Å². The Morgan fingerprint density at radius 3 is 2.48 bits per heavy atom. The van der Waals surface area contributed by atoms with Gasteiger partial charge in [-0.25, -0.2) is 4.68 Å². The normalized spacial score (nSPS) is 12.5. The molecule has 0 aliphatic carbocycles. The fourth-order valence-electron chi connectivity index (χ4n) is 3.80. The molecule has 1 aromatic heterocycles. The first kappa shape index (κ1) is 19.1. The second-order valence-corrected chi connectivity index (χ2v) is 8.19. The van der Waals surface area contributed by atoms with E-state index in [0.717, 1.165) is 39.3 Å². The number of para-hydroxylation sites is 1. The summed E-state index contributed by atoms with van der Waals surface area (Å²) in [5.74, 6) is 0.427. The molecule has 1 aliphatic rings. The van der Waals surface area contributed by atoms with Gasteiger partial charge in [0.05, 0.1) is 12.2 Å². The monoisotopic (exact) mass is 386 g/mol. The number of carbonyl (C=O) groups excluding carboxylic acids is 1. The van der Waals surface area contributed by atoms with Gasteiger partial charge in [0.15, 0.2) is 0 Å². The largest absolute Gasteiger partial charge is 0.307 e. The topological polar surface area (TPSA) is 51.0 Å². The van der Waals surface area contributed by atoms with E-state index < -0.39 is 0 Å². The lowest BCUT2D eigenvalue weighted by molar-refractivity contribution is -0.119. The van der Waals surface area contributed by atoms with Crippen LogP contribution in [0.2, 0.25) is 0 Å². The number of carbonyl (C=O) groups is 1. The zero-order valence-electron chi connectivity index (χ0n) is 17.4. The van der Waals surface area contributed by atoms with Gasteiger partial charge in [0.1, 0.15) is 11.4 Å². The number of fused-ring (bicyclic) bond motifs is 5. The molecule has 0 fully saturated rings. The molecule has 0 bridgehead atoms. The number of amides is 1. The first-order valence-electron chi connectivity index (χ1n) is 10.0. The molecule has 0 spiro atoms. The minimum Gasteiger partial charge on any atom is -0.307 e. The van der Waals surface area contributed by atoms with Crippen molar-refractivity contribution in [3.05, 3.63) is 59.7 Å². The van der Waals surface area contributed by atoms with Crippen LogP contribution >= 0.6 is 0 Å². The van der Waals surface area contributed by atoms with Crippen LogP contribution in [0.15, 0.2) is 54.1 Å². The lowest BCUT2D eigenvalue weighted by atomic mass is 9.95. The molecular weight excluding hydrogens is 360 g/mol. The Hall–Kier alpha value is -3.21. The molecule has 1 aliphatic heterocycles. The lowest BCUT2D eigenvalue weighted by Crippen LogP contribution is -2.32. The van der Waals surface area contributed by atoms with E-state index in [-0.39, 0.29) is 5.91 Å². The van der Waals surface area contributed by atoms with Crippen molar-refractivity contribution in [2.75, 3.05) is 4.90 Å². The van der Waals surface area contributed by atoms with Crippen molar-refractivity contribution in [3.63, 3.8) is 0 Å². The number of allylic oxidation sites excluding steroid dienone is 1. The van der Waals surface area contributed by atoms with Gasteiger partial charge in [-0.1, -0.05) is 67.1 Å². The Kier molecular flexibility index (Phi) is 5.05. The maximum absolute atomic E-state index is 13.2. The third-order valence-corrected chi connectivity index (χ3v) is 5.01. The highest BCUT2D eigenvalue weighted by Gasteiger charge is 2.28. The van der Waals surface area contributed by atoms with E-state index in [1.807, 2.05) is 60.0 Å². The molecule has 5 nitrogen and oxygen atoms in total. The fraction of sp³-hybridized carbons (Fsp3) is 0.292. The SMILES string of the molecule is CC(C)=Cn1nnc2c1-c1ccccc1N(C(=O)CC(C)C)Cc1ccccc1-2. The van der Waals surface area contributed by atoms with Crippen molar-refractivity contribution in [2.24, 2.45) is 5.92 Å². The first-order valence-corrected chi connectivity index (χ1v) is 10.0. The highest BCUT2D eigenvalue weighted by atomic mass is 16.2. The molecule has 0 radical (unpaired) electrons. The first-order chi connectivity index (χ1) is 14.0. The van der Waals surface area contributed by atoms with E-state index in [2.05, 4.69) is 42.4 Å². The van der Waals surface area contributed by atoms with Gasteiger partial charge in [-0.3, -0.25) is 4.79 Å². The zero-order valence-corrected chi connectivity index (χ0v) is 17.4. The second kappa shape index (κ2) is 7.66. The van der Waals surface area contributed by atoms with Gasteiger partial charge in [-0.2, -0.15) is 0 Å². The second-order valence-electron chi connectivity index (χ2n) is 8.19. The summed E-state index contributed by atoms with van der Waals surface area (Å²) in [5.41, 5.74) is 6.85. The van der Waals surface area contributed by atoms with Crippen LogP contribution in [0.1, 0.15) is 39.7 Å². The molecule has 2 aromatic carbocycles. The van der Waals surface area contributed by atoms with Crippen LogP contribution < -0.4 is 4.90 Å². The summed E-state index contributed by atoms with van der Waals surface area (Å²) in [7, 11) is 0. The van der Waals surface area contributed by atoms with Crippen LogP contribution in [-0.2, 0) is 11.3 Å². The smallest absolute Gasteiger partial charge is 0.227 e. The predicted octanol–water partition coefficient (Wildman–Crippen LogP) is 5.39. The summed E-state index contributed by atoms with van der Waals surface area (Å²) in [6, 6.07) is 16.2. The molecule has 5 heteroatoms. The van der Waals surface area contributed by atoms with Crippen LogP contribution in [0.25, 0.3) is 28.7 Å². The molecule has 148 valence electrons. The van der Waals surface area contributed by atoms with E-state index in [9.17, 15) is 4.79 Å². The average Bonchev–Trinajstić information content (AvgIpc) is 3.06. The van der Waals surface area contributed by atoms with Crippen LogP contribution in [0.4, 0.5) is 5.69 Å². The van der Waals surface area contributed by atoms with Crippen molar-refractivity contribution >= 4 is 17.8 Å². The molecule has 2 heterocycles. The van der Waals surface area contributed by atoms with E-state index >= 15 is 0 Å². The van der Waals surface area contributed by atoms with Gasteiger partial charge < -0.3 is 4.90 Å². The van der Waals surface area contributed by atoms with E-state index in [1.54, 1.807) is 0 Å². The van der Waals surface area contributed by atoms with Gasteiger partial charge in [-0.15, -0.1) is 5.10 Å². The molecule has 29 heavy (non-hydrogen) atoms. The summed E-state index contributed by atoms with van der Waals surface area (Å²) in [4.78, 5) is 15.1. The summed E-state index contributed by atoms with van der Waals surface area (Å²) in [5, 5.41) is 8.96. The van der Waals surface area contributed by atoms with Crippen molar-refractivity contribution < 1.29 is 4.79 Å². The van der Waals surface area contributed by atoms with Crippen molar-refractivity contribution in [1.82, 2.24) is 15.0 Å². The maximum Gasteiger partial charge on any atom is 0.227 e. The molecule has 0 saturated carbocycles. The average molecular weight is 386 g/mol. The lowest BCUT2D eigenvalue weighted by Gasteiger charge is -2.29. The standard InChI is InChI=1S/C24H26N4O/c1-16(2)13-22(29)27-15-18-9-5-6-10-19(18)23-24(20-11-7-8-12-21(20)27)28(26-25-23)14-17(3)4/h5-12,14,16H,13,15H2,1-4H3. The molecule has 0 unspecified atom stereocenters. The number of anilines is 1. The quantitative estimate of drug-likeness (QED) is 0.607. The highest BCUT2D eigenvalue weighted by molar-refractivity contribution is 6.00. The zero-order chi connectivity index (χ0) is 20.5. The summed E-state index contributed by atoms with van der Waals surface area (Å²) in [6.45, 7) is 8.75. The number of benzene rings is 2. The summed E-state index contributed by atoms with van der Waals surface area (Å²) < 4.78 is 1.83.